The van der Waals surface area contributed by atoms with Gasteiger partial charge in [0.1, 0.15) is 0 Å². The summed E-state index contributed by atoms with van der Waals surface area (Å²) in [5.41, 5.74) is 3.85. The summed E-state index contributed by atoms with van der Waals surface area (Å²) in [5.74, 6) is -0.0997. The van der Waals surface area contributed by atoms with Crippen LogP contribution in [0, 0.1) is 0 Å². The van der Waals surface area contributed by atoms with E-state index in [4.69, 9.17) is 16.7 Å². The second-order valence-corrected chi connectivity index (χ2v) is 12.3. The van der Waals surface area contributed by atoms with E-state index in [1.807, 2.05) is 12.1 Å². The summed E-state index contributed by atoms with van der Waals surface area (Å²) in [6.45, 7) is 1.74. The third kappa shape index (κ3) is 10.7. The lowest BCUT2D eigenvalue weighted by Gasteiger charge is -2.29. The van der Waals surface area contributed by atoms with Crippen molar-refractivity contribution in [2.75, 3.05) is 42.2 Å². The van der Waals surface area contributed by atoms with Crippen molar-refractivity contribution in [3.8, 4) is 0 Å². The molecule has 0 spiro atoms. The Hall–Kier alpha value is -4.07. The van der Waals surface area contributed by atoms with Crippen molar-refractivity contribution in [3.05, 3.63) is 93.5 Å². The fraction of sp³-hybridized carbons (Fsp3) is 0.333. The van der Waals surface area contributed by atoms with Crippen LogP contribution in [0.25, 0.3) is 0 Å². The van der Waals surface area contributed by atoms with E-state index in [2.05, 4.69) is 26.1 Å². The number of benzene rings is 3. The summed E-state index contributed by atoms with van der Waals surface area (Å²) in [7, 11) is 0. The van der Waals surface area contributed by atoms with Crippen LogP contribution in [0.15, 0.2) is 65.8 Å². The zero-order valence-corrected chi connectivity index (χ0v) is 27.0. The lowest BCUT2D eigenvalue weighted by molar-refractivity contribution is -0.137. The number of aliphatic hydroxyl groups excluding tert-OH is 1. The number of hydrogen-bond acceptors (Lipinski definition) is 7. The molecule has 1 aliphatic rings. The highest BCUT2D eigenvalue weighted by Crippen LogP contribution is 2.35. The number of alkyl halides is 3. The number of carbonyl (C=O) groups is 3. The van der Waals surface area contributed by atoms with E-state index >= 15 is 0 Å². The fourth-order valence-electron chi connectivity index (χ4n) is 4.88. The van der Waals surface area contributed by atoms with Gasteiger partial charge in [0.05, 0.1) is 34.7 Å². The second kappa shape index (κ2) is 17.2. The Morgan fingerprint density at radius 3 is 2.53 bits per heavy atom. The minimum Gasteiger partial charge on any atom is -0.395 e. The van der Waals surface area contributed by atoms with E-state index in [1.165, 1.54) is 17.8 Å². The van der Waals surface area contributed by atoms with Crippen molar-refractivity contribution < 1.29 is 32.7 Å². The maximum atomic E-state index is 13.4. The first kappa shape index (κ1) is 35.8. The molecule has 1 fully saturated rings. The van der Waals surface area contributed by atoms with Crippen molar-refractivity contribution in [3.63, 3.8) is 0 Å². The summed E-state index contributed by atoms with van der Waals surface area (Å²) in [4.78, 5) is 40.6. The standard InChI is InChI=1S/C33H35ClF3N5O4S/c34-28-9-7-22(18-27(28)33(35,36)37)20-39-41-32(46)26-19-25(42-13-2-1-3-14-42)8-10-29(26)40-31(45)24-6-4-5-23(17-24)21-47-16-11-30(44)38-12-15-43/h4-10,17-20,43H,1-3,11-16,21H2,(H,38,44)(H,40,45)(H,41,46). The van der Waals surface area contributed by atoms with E-state index in [1.54, 1.807) is 30.3 Å². The monoisotopic (exact) mass is 689 g/mol. The highest BCUT2D eigenvalue weighted by Gasteiger charge is 2.33. The second-order valence-electron chi connectivity index (χ2n) is 10.7. The minimum absolute atomic E-state index is 0.0839. The molecule has 0 bridgehead atoms. The number of thioether (sulfide) groups is 1. The van der Waals surface area contributed by atoms with Gasteiger partial charge in [0.15, 0.2) is 0 Å². The first-order valence-electron chi connectivity index (χ1n) is 15.0. The van der Waals surface area contributed by atoms with E-state index in [-0.39, 0.29) is 35.9 Å². The van der Waals surface area contributed by atoms with Gasteiger partial charge in [0.2, 0.25) is 5.91 Å². The Kier molecular flexibility index (Phi) is 13.1. The summed E-state index contributed by atoms with van der Waals surface area (Å²) in [5, 5.41) is 17.6. The molecule has 0 aliphatic carbocycles. The molecule has 1 aliphatic heterocycles. The molecule has 3 aromatic rings. The van der Waals surface area contributed by atoms with Gasteiger partial charge >= 0.3 is 6.18 Å². The Morgan fingerprint density at radius 2 is 1.79 bits per heavy atom. The molecule has 47 heavy (non-hydrogen) atoms. The van der Waals surface area contributed by atoms with E-state index in [0.717, 1.165) is 62.0 Å². The lowest BCUT2D eigenvalue weighted by atomic mass is 10.1. The molecule has 0 radical (unpaired) electrons. The summed E-state index contributed by atoms with van der Waals surface area (Å²) >= 11 is 7.23. The Morgan fingerprint density at radius 1 is 1.00 bits per heavy atom. The van der Waals surface area contributed by atoms with Gasteiger partial charge in [-0.15, -0.1) is 0 Å². The predicted octanol–water partition coefficient (Wildman–Crippen LogP) is 6.10. The van der Waals surface area contributed by atoms with E-state index < -0.39 is 28.6 Å². The van der Waals surface area contributed by atoms with Gasteiger partial charge in [-0.3, -0.25) is 14.4 Å². The van der Waals surface area contributed by atoms with Gasteiger partial charge in [0, 0.05) is 48.8 Å². The number of hydrazone groups is 1. The number of rotatable bonds is 13. The van der Waals surface area contributed by atoms with Crippen LogP contribution < -0.4 is 21.0 Å². The van der Waals surface area contributed by atoms with Crippen molar-refractivity contribution in [2.45, 2.75) is 37.6 Å². The van der Waals surface area contributed by atoms with Crippen LogP contribution in [0.4, 0.5) is 24.5 Å². The zero-order valence-electron chi connectivity index (χ0n) is 25.4. The Labute approximate surface area is 279 Å². The normalized spacial score (nSPS) is 13.4. The zero-order chi connectivity index (χ0) is 33.8. The van der Waals surface area contributed by atoms with Crippen molar-refractivity contribution >= 4 is 58.7 Å². The number of anilines is 2. The molecule has 1 heterocycles. The lowest BCUT2D eigenvalue weighted by Crippen LogP contribution is -2.30. The van der Waals surface area contributed by atoms with Crippen LogP contribution in [0.5, 0.6) is 0 Å². The first-order chi connectivity index (χ1) is 22.5. The Bertz CT molecular complexity index is 1600. The number of nitrogens with zero attached hydrogens (tertiary/aromatic N) is 2. The molecule has 9 nitrogen and oxygen atoms in total. The van der Waals surface area contributed by atoms with Gasteiger partial charge in [-0.25, -0.2) is 5.43 Å². The number of nitrogens with one attached hydrogen (secondary N) is 3. The van der Waals surface area contributed by atoms with E-state index in [9.17, 15) is 27.6 Å². The third-order valence-corrected chi connectivity index (χ3v) is 8.62. The van der Waals surface area contributed by atoms with Crippen LogP contribution in [-0.4, -0.2) is 61.0 Å². The predicted molar refractivity (Wildman–Crippen MR) is 179 cm³/mol. The maximum Gasteiger partial charge on any atom is 0.417 e. The van der Waals surface area contributed by atoms with Gasteiger partial charge in [0.25, 0.3) is 11.8 Å². The number of aliphatic hydroxyl groups is 1. The van der Waals surface area contributed by atoms with Gasteiger partial charge in [-0.1, -0.05) is 29.8 Å². The minimum atomic E-state index is -4.65. The highest BCUT2D eigenvalue weighted by atomic mass is 35.5. The SMILES string of the molecule is O=C(CCSCc1cccc(C(=O)Nc2ccc(N3CCCCC3)cc2C(=O)NN=Cc2ccc(Cl)c(C(F)(F)F)c2)c1)NCCO. The van der Waals surface area contributed by atoms with E-state index in [0.29, 0.717) is 23.5 Å². The summed E-state index contributed by atoms with van der Waals surface area (Å²) in [6, 6.07) is 15.5. The molecule has 4 rings (SSSR count). The van der Waals surface area contributed by atoms with Crippen LogP contribution in [0.3, 0.4) is 0 Å². The fourth-order valence-corrected chi connectivity index (χ4v) is 5.99. The van der Waals surface area contributed by atoms with Crippen molar-refractivity contribution in [2.24, 2.45) is 5.10 Å². The van der Waals surface area contributed by atoms with Gasteiger partial charge in [-0.05, 0) is 72.9 Å². The molecular weight excluding hydrogens is 655 g/mol. The van der Waals surface area contributed by atoms with Crippen LogP contribution in [0.2, 0.25) is 5.02 Å². The molecule has 0 unspecified atom stereocenters. The molecule has 14 heteroatoms. The van der Waals surface area contributed by atoms with Crippen molar-refractivity contribution in [1.29, 1.82) is 0 Å². The molecule has 3 aromatic carbocycles. The molecule has 4 N–H and O–H groups in total. The molecular formula is C33H35ClF3N5O4S. The average Bonchev–Trinajstić information content (AvgIpc) is 3.06. The number of piperidine rings is 1. The van der Waals surface area contributed by atoms with Crippen LogP contribution >= 0.6 is 23.4 Å². The highest BCUT2D eigenvalue weighted by molar-refractivity contribution is 7.98. The third-order valence-electron chi connectivity index (χ3n) is 7.26. The van der Waals surface area contributed by atoms with Crippen LogP contribution in [0.1, 0.15) is 63.1 Å². The molecule has 0 atom stereocenters. The number of carbonyl (C=O) groups excluding carboxylic acids is 3. The van der Waals surface area contributed by atoms with Crippen molar-refractivity contribution in [1.82, 2.24) is 10.7 Å². The maximum absolute atomic E-state index is 13.4. The topological polar surface area (TPSA) is 123 Å². The number of hydrogen-bond donors (Lipinski definition) is 4. The molecule has 0 aromatic heterocycles. The molecule has 3 amide bonds. The smallest absolute Gasteiger partial charge is 0.395 e. The first-order valence-corrected chi connectivity index (χ1v) is 16.5. The summed E-state index contributed by atoms with van der Waals surface area (Å²) < 4.78 is 39.8. The number of halogens is 4. The molecule has 0 saturated carbocycles. The quantitative estimate of drug-likeness (QED) is 0.0978. The van der Waals surface area contributed by atoms with Gasteiger partial charge < -0.3 is 20.6 Å². The number of amides is 3. The Balaban J connectivity index is 1.47. The average molecular weight is 690 g/mol. The van der Waals surface area contributed by atoms with Crippen LogP contribution in [-0.2, 0) is 16.7 Å². The molecule has 1 saturated heterocycles. The molecule has 250 valence electrons. The largest absolute Gasteiger partial charge is 0.417 e. The summed E-state index contributed by atoms with van der Waals surface area (Å²) in [6.07, 6.45) is -0.120. The van der Waals surface area contributed by atoms with Gasteiger partial charge in [-0.2, -0.15) is 30.0 Å².